The lowest BCUT2D eigenvalue weighted by Gasteiger charge is -2.35. The van der Waals surface area contributed by atoms with Gasteiger partial charge in [0.1, 0.15) is 0 Å². The van der Waals surface area contributed by atoms with E-state index in [0.29, 0.717) is 30.2 Å². The normalized spacial score (nSPS) is 29.7. The number of amides is 2. The summed E-state index contributed by atoms with van der Waals surface area (Å²) in [4.78, 5) is 27.4. The van der Waals surface area contributed by atoms with Crippen LogP contribution in [0.2, 0.25) is 0 Å². The number of halogens is 1. The predicted molar refractivity (Wildman–Crippen MR) is 108 cm³/mol. The van der Waals surface area contributed by atoms with Crippen molar-refractivity contribution in [1.82, 2.24) is 15.5 Å². The highest BCUT2D eigenvalue weighted by Gasteiger charge is 2.36. The molecule has 0 radical (unpaired) electrons. The van der Waals surface area contributed by atoms with Gasteiger partial charge in [0, 0.05) is 36.8 Å². The average molecular weight is 392 g/mol. The summed E-state index contributed by atoms with van der Waals surface area (Å²) in [5.74, 6) is 0.103. The van der Waals surface area contributed by atoms with Gasteiger partial charge in [0.2, 0.25) is 5.91 Å². The number of nitrogens with zero attached hydrogens (tertiary/aromatic N) is 1. The van der Waals surface area contributed by atoms with Gasteiger partial charge in [0.25, 0.3) is 5.91 Å². The van der Waals surface area contributed by atoms with Gasteiger partial charge < -0.3 is 15.5 Å². The first-order chi connectivity index (χ1) is 12.6. The van der Waals surface area contributed by atoms with E-state index in [9.17, 15) is 9.59 Å². The molecule has 3 aliphatic rings. The van der Waals surface area contributed by atoms with Crippen LogP contribution < -0.4 is 10.6 Å². The molecule has 4 rings (SSSR count). The smallest absolute Gasteiger partial charge is 0.253 e. The van der Waals surface area contributed by atoms with Gasteiger partial charge in [0.05, 0.1) is 5.92 Å². The average Bonchev–Trinajstić information content (AvgIpc) is 3.00. The third-order valence-corrected chi connectivity index (χ3v) is 6.20. The number of hydrogen-bond acceptors (Lipinski definition) is 3. The topological polar surface area (TPSA) is 61.4 Å². The van der Waals surface area contributed by atoms with Crippen molar-refractivity contribution >= 4 is 24.2 Å². The fourth-order valence-corrected chi connectivity index (χ4v) is 4.75. The molecule has 3 unspecified atom stereocenters. The van der Waals surface area contributed by atoms with E-state index in [1.807, 2.05) is 36.1 Å². The van der Waals surface area contributed by atoms with Crippen LogP contribution in [0.1, 0.15) is 54.4 Å². The predicted octanol–water partition coefficient (Wildman–Crippen LogP) is 2.67. The molecule has 2 bridgehead atoms. The quantitative estimate of drug-likeness (QED) is 0.832. The second-order valence-electron chi connectivity index (χ2n) is 8.27. The Morgan fingerprint density at radius 1 is 1.07 bits per heavy atom. The Morgan fingerprint density at radius 3 is 2.41 bits per heavy atom. The second kappa shape index (κ2) is 8.61. The summed E-state index contributed by atoms with van der Waals surface area (Å²) >= 11 is 0. The lowest BCUT2D eigenvalue weighted by Crippen LogP contribution is -2.51. The fraction of sp³-hybridized carbons (Fsp3) is 0.619. The Morgan fingerprint density at radius 2 is 1.74 bits per heavy atom. The number of nitrogens with one attached hydrogen (secondary N) is 2. The zero-order valence-corrected chi connectivity index (χ0v) is 16.8. The minimum atomic E-state index is -0.0781. The van der Waals surface area contributed by atoms with Crippen molar-refractivity contribution < 1.29 is 9.59 Å². The zero-order valence-electron chi connectivity index (χ0n) is 15.9. The largest absolute Gasteiger partial charge is 0.353 e. The molecule has 2 N–H and O–H groups in total. The molecule has 3 atom stereocenters. The maximum Gasteiger partial charge on any atom is 0.253 e. The van der Waals surface area contributed by atoms with Crippen LogP contribution in [0, 0.1) is 12.8 Å². The maximum atomic E-state index is 12.8. The summed E-state index contributed by atoms with van der Waals surface area (Å²) in [5.41, 5.74) is 1.86. The van der Waals surface area contributed by atoms with Gasteiger partial charge >= 0.3 is 0 Å². The molecule has 3 heterocycles. The van der Waals surface area contributed by atoms with Gasteiger partial charge in [-0.2, -0.15) is 0 Å². The third kappa shape index (κ3) is 4.64. The third-order valence-electron chi connectivity index (χ3n) is 6.20. The minimum absolute atomic E-state index is 0. The summed E-state index contributed by atoms with van der Waals surface area (Å²) in [5, 5.41) is 6.89. The van der Waals surface area contributed by atoms with Crippen molar-refractivity contribution in [2.75, 3.05) is 13.1 Å². The summed E-state index contributed by atoms with van der Waals surface area (Å²) in [6.07, 6.45) is 6.33. The van der Waals surface area contributed by atoms with E-state index in [2.05, 4.69) is 10.6 Å². The molecule has 3 aliphatic heterocycles. The van der Waals surface area contributed by atoms with E-state index >= 15 is 0 Å². The molecule has 0 aromatic heterocycles. The Balaban J connectivity index is 0.00000210. The number of fused-ring (bicyclic) bond motifs is 2. The minimum Gasteiger partial charge on any atom is -0.353 e. The van der Waals surface area contributed by atoms with Crippen LogP contribution in [0.15, 0.2) is 24.3 Å². The first-order valence-electron chi connectivity index (χ1n) is 10.0. The molecule has 1 aromatic rings. The van der Waals surface area contributed by atoms with Crippen LogP contribution >= 0.6 is 12.4 Å². The Bertz CT molecular complexity index is 667. The van der Waals surface area contributed by atoms with Crippen LogP contribution in [0.5, 0.6) is 0 Å². The number of aryl methyl sites for hydroxylation is 1. The molecule has 0 spiro atoms. The van der Waals surface area contributed by atoms with Crippen LogP contribution in [-0.2, 0) is 4.79 Å². The molecule has 5 nitrogen and oxygen atoms in total. The number of carbonyl (C=O) groups excluding carboxylic acids is 2. The summed E-state index contributed by atoms with van der Waals surface area (Å²) in [6, 6.07) is 9.14. The molecule has 2 amide bonds. The second-order valence-corrected chi connectivity index (χ2v) is 8.27. The number of likely N-dealkylation sites (tertiary alicyclic amines) is 1. The monoisotopic (exact) mass is 391 g/mol. The molecule has 6 heteroatoms. The van der Waals surface area contributed by atoms with E-state index in [4.69, 9.17) is 0 Å². The number of hydrogen-bond donors (Lipinski definition) is 2. The van der Waals surface area contributed by atoms with E-state index in [0.717, 1.165) is 37.8 Å². The van der Waals surface area contributed by atoms with E-state index in [1.165, 1.54) is 12.8 Å². The molecule has 148 valence electrons. The lowest BCUT2D eigenvalue weighted by molar-refractivity contribution is -0.127. The standard InChI is InChI=1S/C21H29N3O2.ClH/c1-14-4-6-15(7-5-14)21(26)24-10-2-3-16(13-24)20(25)23-19-11-17-8-9-18(12-19)22-17;/h4-7,16-19,22H,2-3,8-13H2,1H3,(H,23,25);1H. The van der Waals surface area contributed by atoms with Crippen LogP contribution in [-0.4, -0.2) is 47.9 Å². The van der Waals surface area contributed by atoms with Gasteiger partial charge in [-0.15, -0.1) is 12.4 Å². The highest BCUT2D eigenvalue weighted by molar-refractivity contribution is 5.94. The van der Waals surface area contributed by atoms with Crippen LogP contribution in [0.4, 0.5) is 0 Å². The highest BCUT2D eigenvalue weighted by Crippen LogP contribution is 2.27. The fourth-order valence-electron chi connectivity index (χ4n) is 4.75. The van der Waals surface area contributed by atoms with Crippen molar-refractivity contribution in [3.63, 3.8) is 0 Å². The molecule has 27 heavy (non-hydrogen) atoms. The lowest BCUT2D eigenvalue weighted by atomic mass is 9.94. The maximum absolute atomic E-state index is 12.8. The van der Waals surface area contributed by atoms with E-state index in [1.54, 1.807) is 0 Å². The molecular weight excluding hydrogens is 362 g/mol. The first kappa shape index (κ1) is 20.2. The van der Waals surface area contributed by atoms with Crippen molar-refractivity contribution in [2.24, 2.45) is 5.92 Å². The number of benzene rings is 1. The molecule has 1 aromatic carbocycles. The Labute approximate surface area is 167 Å². The zero-order chi connectivity index (χ0) is 18.1. The highest BCUT2D eigenvalue weighted by atomic mass is 35.5. The van der Waals surface area contributed by atoms with Gasteiger partial charge in [-0.25, -0.2) is 0 Å². The van der Waals surface area contributed by atoms with E-state index in [-0.39, 0.29) is 30.1 Å². The van der Waals surface area contributed by atoms with E-state index < -0.39 is 0 Å². The number of carbonyl (C=O) groups is 2. The Kier molecular flexibility index (Phi) is 6.43. The van der Waals surface area contributed by atoms with Crippen LogP contribution in [0.3, 0.4) is 0 Å². The Hall–Kier alpha value is -1.59. The molecule has 0 aliphatic carbocycles. The summed E-state index contributed by atoms with van der Waals surface area (Å²) < 4.78 is 0. The van der Waals surface area contributed by atoms with Crippen molar-refractivity contribution in [3.8, 4) is 0 Å². The van der Waals surface area contributed by atoms with Gasteiger partial charge in [-0.3, -0.25) is 9.59 Å². The molecular formula is C21H30ClN3O2. The number of piperidine rings is 2. The molecule has 0 saturated carbocycles. The van der Waals surface area contributed by atoms with Crippen molar-refractivity contribution in [1.29, 1.82) is 0 Å². The number of rotatable bonds is 3. The van der Waals surface area contributed by atoms with Gasteiger partial charge in [-0.1, -0.05) is 17.7 Å². The van der Waals surface area contributed by atoms with Crippen molar-refractivity contribution in [2.45, 2.75) is 63.6 Å². The summed E-state index contributed by atoms with van der Waals surface area (Å²) in [6.45, 7) is 3.30. The van der Waals surface area contributed by atoms with Gasteiger partial charge in [-0.05, 0) is 57.6 Å². The van der Waals surface area contributed by atoms with Crippen LogP contribution in [0.25, 0.3) is 0 Å². The first-order valence-corrected chi connectivity index (χ1v) is 10.0. The van der Waals surface area contributed by atoms with Gasteiger partial charge in [0.15, 0.2) is 0 Å². The molecule has 3 saturated heterocycles. The molecule has 3 fully saturated rings. The SMILES string of the molecule is Cc1ccc(C(=O)N2CCCC(C(=O)NC3CC4CCC(C3)N4)C2)cc1.Cl. The summed E-state index contributed by atoms with van der Waals surface area (Å²) in [7, 11) is 0. The van der Waals surface area contributed by atoms with Crippen molar-refractivity contribution in [3.05, 3.63) is 35.4 Å².